The Hall–Kier alpha value is -1.94. The lowest BCUT2D eigenvalue weighted by molar-refractivity contribution is 0.281. The van der Waals surface area contributed by atoms with Gasteiger partial charge in [0.25, 0.3) is 0 Å². The summed E-state index contributed by atoms with van der Waals surface area (Å²) in [6.07, 6.45) is 1.62. The highest BCUT2D eigenvalue weighted by molar-refractivity contribution is 5.59. The number of aliphatic hydroxyl groups is 1. The summed E-state index contributed by atoms with van der Waals surface area (Å²) in [5.41, 5.74) is 1.52. The third kappa shape index (κ3) is 2.65. The van der Waals surface area contributed by atoms with Gasteiger partial charge in [-0.25, -0.2) is 9.37 Å². The number of rotatable bonds is 4. The Labute approximate surface area is 106 Å². The van der Waals surface area contributed by atoms with Crippen LogP contribution >= 0.6 is 0 Å². The summed E-state index contributed by atoms with van der Waals surface area (Å²) in [6.45, 7) is 2.64. The third-order valence-corrected chi connectivity index (χ3v) is 2.70. The predicted molar refractivity (Wildman–Crippen MR) is 69.2 cm³/mol. The first kappa shape index (κ1) is 12.5. The van der Waals surface area contributed by atoms with Gasteiger partial charge in [-0.3, -0.25) is 0 Å². The first-order chi connectivity index (χ1) is 8.74. The minimum atomic E-state index is -0.266. The van der Waals surface area contributed by atoms with Crippen LogP contribution in [0, 0.1) is 5.82 Å². The maximum absolute atomic E-state index is 13.2. The lowest BCUT2D eigenvalue weighted by atomic mass is 10.2. The van der Waals surface area contributed by atoms with E-state index in [2.05, 4.69) is 4.98 Å². The van der Waals surface area contributed by atoms with Gasteiger partial charge in [0.05, 0.1) is 6.61 Å². The van der Waals surface area contributed by atoms with Gasteiger partial charge in [-0.2, -0.15) is 0 Å². The molecule has 94 valence electrons. The van der Waals surface area contributed by atoms with Crippen molar-refractivity contribution in [3.05, 3.63) is 54.0 Å². The lowest BCUT2D eigenvalue weighted by Crippen LogP contribution is -2.17. The number of hydrogen-bond acceptors (Lipinski definition) is 3. The Morgan fingerprint density at radius 3 is 2.67 bits per heavy atom. The largest absolute Gasteiger partial charge is 0.392 e. The summed E-state index contributed by atoms with van der Waals surface area (Å²) in [7, 11) is 0. The maximum Gasteiger partial charge on any atom is 0.132 e. The van der Waals surface area contributed by atoms with Gasteiger partial charge in [0.15, 0.2) is 0 Å². The van der Waals surface area contributed by atoms with E-state index in [1.807, 2.05) is 30.0 Å². The molecule has 18 heavy (non-hydrogen) atoms. The monoisotopic (exact) mass is 246 g/mol. The molecule has 1 heterocycles. The van der Waals surface area contributed by atoms with E-state index in [9.17, 15) is 4.39 Å². The van der Waals surface area contributed by atoms with Crippen molar-refractivity contribution >= 4 is 11.5 Å². The fraction of sp³-hybridized carbons (Fsp3) is 0.214. The molecule has 1 N–H and O–H groups in total. The number of halogens is 1. The second kappa shape index (κ2) is 5.60. The lowest BCUT2D eigenvalue weighted by Gasteiger charge is -2.22. The first-order valence-electron chi connectivity index (χ1n) is 5.83. The van der Waals surface area contributed by atoms with Gasteiger partial charge in [-0.1, -0.05) is 12.1 Å². The van der Waals surface area contributed by atoms with E-state index in [0.29, 0.717) is 6.54 Å². The van der Waals surface area contributed by atoms with Crippen LogP contribution in [0.5, 0.6) is 0 Å². The zero-order chi connectivity index (χ0) is 13.0. The molecule has 0 saturated heterocycles. The van der Waals surface area contributed by atoms with Crippen LogP contribution in [0.15, 0.2) is 42.6 Å². The Morgan fingerprint density at radius 1 is 1.28 bits per heavy atom. The highest BCUT2D eigenvalue weighted by atomic mass is 19.1. The molecular formula is C14H15FN2O. The van der Waals surface area contributed by atoms with E-state index in [1.54, 1.807) is 12.3 Å². The SMILES string of the molecule is CCN(c1cccc(F)c1)c1ccc(CO)cn1. The van der Waals surface area contributed by atoms with E-state index in [1.165, 1.54) is 12.1 Å². The van der Waals surface area contributed by atoms with Crippen molar-refractivity contribution in [1.29, 1.82) is 0 Å². The van der Waals surface area contributed by atoms with Gasteiger partial charge in [-0.15, -0.1) is 0 Å². The number of aromatic nitrogens is 1. The number of aliphatic hydroxyl groups excluding tert-OH is 1. The molecule has 4 heteroatoms. The second-order valence-corrected chi connectivity index (χ2v) is 3.91. The van der Waals surface area contributed by atoms with E-state index in [-0.39, 0.29) is 12.4 Å². The Kier molecular flexibility index (Phi) is 3.89. The topological polar surface area (TPSA) is 36.4 Å². The highest BCUT2D eigenvalue weighted by Crippen LogP contribution is 2.23. The van der Waals surface area contributed by atoms with Gasteiger partial charge in [-0.05, 0) is 36.8 Å². The van der Waals surface area contributed by atoms with Gasteiger partial charge in [0.2, 0.25) is 0 Å². The minimum Gasteiger partial charge on any atom is -0.392 e. The van der Waals surface area contributed by atoms with Gasteiger partial charge in [0.1, 0.15) is 11.6 Å². The van der Waals surface area contributed by atoms with Crippen molar-refractivity contribution in [1.82, 2.24) is 4.98 Å². The van der Waals surface area contributed by atoms with Crippen LogP contribution < -0.4 is 4.90 Å². The van der Waals surface area contributed by atoms with Gasteiger partial charge >= 0.3 is 0 Å². The molecule has 0 aliphatic heterocycles. The molecular weight excluding hydrogens is 231 g/mol. The second-order valence-electron chi connectivity index (χ2n) is 3.91. The smallest absolute Gasteiger partial charge is 0.132 e. The van der Waals surface area contributed by atoms with Crippen molar-refractivity contribution in [2.45, 2.75) is 13.5 Å². The summed E-state index contributed by atoms with van der Waals surface area (Å²) in [5.74, 6) is 0.471. The molecule has 0 fully saturated rings. The van der Waals surface area contributed by atoms with Crippen LogP contribution in [0.25, 0.3) is 0 Å². The molecule has 2 rings (SSSR count). The van der Waals surface area contributed by atoms with Crippen LogP contribution in [0.3, 0.4) is 0 Å². The zero-order valence-corrected chi connectivity index (χ0v) is 10.2. The van der Waals surface area contributed by atoms with Crippen molar-refractivity contribution in [2.75, 3.05) is 11.4 Å². The summed E-state index contributed by atoms with van der Waals surface area (Å²) < 4.78 is 13.2. The summed E-state index contributed by atoms with van der Waals surface area (Å²) in [5, 5.41) is 8.97. The van der Waals surface area contributed by atoms with Crippen LogP contribution in [0.1, 0.15) is 12.5 Å². The number of pyridine rings is 1. The zero-order valence-electron chi connectivity index (χ0n) is 10.2. The van der Waals surface area contributed by atoms with E-state index in [0.717, 1.165) is 17.1 Å². The molecule has 0 aliphatic carbocycles. The van der Waals surface area contributed by atoms with Crippen molar-refractivity contribution in [3.63, 3.8) is 0 Å². The van der Waals surface area contributed by atoms with Crippen molar-refractivity contribution in [2.24, 2.45) is 0 Å². The molecule has 0 saturated carbocycles. The average molecular weight is 246 g/mol. The van der Waals surface area contributed by atoms with Crippen LogP contribution in [0.4, 0.5) is 15.9 Å². The molecule has 0 unspecified atom stereocenters. The fourth-order valence-corrected chi connectivity index (χ4v) is 1.79. The fourth-order valence-electron chi connectivity index (χ4n) is 1.79. The quantitative estimate of drug-likeness (QED) is 0.901. The normalized spacial score (nSPS) is 10.4. The molecule has 0 bridgehead atoms. The van der Waals surface area contributed by atoms with Crippen LogP contribution in [0.2, 0.25) is 0 Å². The molecule has 1 aromatic heterocycles. The Morgan fingerprint density at radius 2 is 2.11 bits per heavy atom. The molecule has 0 amide bonds. The minimum absolute atomic E-state index is 0.0284. The summed E-state index contributed by atoms with van der Waals surface area (Å²) in [4.78, 5) is 6.18. The predicted octanol–water partition coefficient (Wildman–Crippen LogP) is 2.87. The third-order valence-electron chi connectivity index (χ3n) is 2.70. The number of benzene rings is 1. The molecule has 0 radical (unpaired) electrons. The van der Waals surface area contributed by atoms with Gasteiger partial charge < -0.3 is 10.0 Å². The van der Waals surface area contributed by atoms with Crippen LogP contribution in [-0.2, 0) is 6.61 Å². The van der Waals surface area contributed by atoms with Gasteiger partial charge in [0, 0.05) is 18.4 Å². The van der Waals surface area contributed by atoms with E-state index >= 15 is 0 Å². The first-order valence-corrected chi connectivity index (χ1v) is 5.83. The number of hydrogen-bond donors (Lipinski definition) is 1. The molecule has 0 atom stereocenters. The average Bonchev–Trinajstić information content (AvgIpc) is 2.40. The molecule has 3 nitrogen and oxygen atoms in total. The van der Waals surface area contributed by atoms with Crippen molar-refractivity contribution in [3.8, 4) is 0 Å². The standard InChI is InChI=1S/C14H15FN2O/c1-2-17(13-5-3-4-12(15)8-13)14-7-6-11(10-18)9-16-14/h3-9,18H,2,10H2,1H3. The molecule has 0 aliphatic rings. The van der Waals surface area contributed by atoms with E-state index in [4.69, 9.17) is 5.11 Å². The highest BCUT2D eigenvalue weighted by Gasteiger charge is 2.08. The Balaban J connectivity index is 2.32. The van der Waals surface area contributed by atoms with Crippen LogP contribution in [-0.4, -0.2) is 16.6 Å². The molecule has 0 spiro atoms. The summed E-state index contributed by atoms with van der Waals surface area (Å²) in [6, 6.07) is 10.0. The number of anilines is 2. The maximum atomic E-state index is 13.2. The van der Waals surface area contributed by atoms with E-state index < -0.39 is 0 Å². The molecule has 2 aromatic rings. The van der Waals surface area contributed by atoms with Crippen molar-refractivity contribution < 1.29 is 9.50 Å². The summed E-state index contributed by atoms with van der Waals surface area (Å²) >= 11 is 0. The number of nitrogens with zero attached hydrogens (tertiary/aromatic N) is 2. The molecule has 1 aromatic carbocycles. The Bertz CT molecular complexity index is 513.